The van der Waals surface area contributed by atoms with E-state index < -0.39 is 0 Å². The number of hydrogen-bond donors (Lipinski definition) is 2. The number of methoxy groups -OCH3 is 1. The third-order valence-corrected chi connectivity index (χ3v) is 4.25. The van der Waals surface area contributed by atoms with Gasteiger partial charge in [0.15, 0.2) is 0 Å². The molecule has 0 aliphatic carbocycles. The van der Waals surface area contributed by atoms with Crippen LogP contribution in [0.3, 0.4) is 0 Å². The summed E-state index contributed by atoms with van der Waals surface area (Å²) in [7, 11) is 1.49. The number of piperidine rings is 1. The Morgan fingerprint density at radius 2 is 2.28 bits per heavy atom. The second kappa shape index (κ2) is 7.81. The van der Waals surface area contributed by atoms with Gasteiger partial charge in [-0.05, 0) is 25.0 Å². The van der Waals surface area contributed by atoms with Gasteiger partial charge < -0.3 is 20.1 Å². The standard InChI is InChI=1S/C18H21N5O2/c1-25-18-15(10-19)16(6-8-21-18)22-11-13-4-2-7-20-17(13)23-9-3-5-14(24)12-23/h2,4,6-8,14,24H,3,5,9,11-12H2,1H3,(H,21,22). The molecule has 3 rings (SSSR count). The lowest BCUT2D eigenvalue weighted by molar-refractivity contribution is 0.154. The highest BCUT2D eigenvalue weighted by Crippen LogP contribution is 2.26. The Balaban J connectivity index is 1.80. The van der Waals surface area contributed by atoms with Crippen LogP contribution in [0.4, 0.5) is 11.5 Å². The monoisotopic (exact) mass is 339 g/mol. The predicted octanol–water partition coefficient (Wildman–Crippen LogP) is 1.93. The lowest BCUT2D eigenvalue weighted by Gasteiger charge is -2.32. The van der Waals surface area contributed by atoms with Crippen molar-refractivity contribution in [2.75, 3.05) is 30.4 Å². The number of aromatic nitrogens is 2. The molecule has 1 aliphatic rings. The summed E-state index contributed by atoms with van der Waals surface area (Å²) in [6.45, 7) is 1.99. The first-order valence-electron chi connectivity index (χ1n) is 8.26. The maximum Gasteiger partial charge on any atom is 0.233 e. The van der Waals surface area contributed by atoms with Gasteiger partial charge in [-0.2, -0.15) is 5.26 Å². The summed E-state index contributed by atoms with van der Waals surface area (Å²) in [4.78, 5) is 10.7. The lowest BCUT2D eigenvalue weighted by atomic mass is 10.1. The van der Waals surface area contributed by atoms with Crippen molar-refractivity contribution in [3.63, 3.8) is 0 Å². The topological polar surface area (TPSA) is 94.3 Å². The number of nitrogens with one attached hydrogen (secondary N) is 1. The minimum absolute atomic E-state index is 0.304. The molecule has 0 radical (unpaired) electrons. The van der Waals surface area contributed by atoms with E-state index in [1.165, 1.54) is 7.11 Å². The number of rotatable bonds is 5. The van der Waals surface area contributed by atoms with Crippen molar-refractivity contribution in [1.82, 2.24) is 9.97 Å². The third-order valence-electron chi connectivity index (χ3n) is 4.25. The Labute approximate surface area is 146 Å². The summed E-state index contributed by atoms with van der Waals surface area (Å²) in [5.41, 5.74) is 2.06. The zero-order valence-corrected chi connectivity index (χ0v) is 14.1. The number of aliphatic hydroxyl groups excluding tert-OH is 1. The average Bonchev–Trinajstić information content (AvgIpc) is 2.66. The Hall–Kier alpha value is -2.85. The number of β-amino-alcohol motifs (C(OH)–C–C–N with tert-alkyl or cyclic N) is 1. The van der Waals surface area contributed by atoms with E-state index in [1.54, 1.807) is 18.5 Å². The highest BCUT2D eigenvalue weighted by Gasteiger charge is 2.21. The first-order valence-corrected chi connectivity index (χ1v) is 8.26. The van der Waals surface area contributed by atoms with E-state index in [2.05, 4.69) is 26.3 Å². The normalized spacial score (nSPS) is 17.0. The molecule has 0 amide bonds. The number of nitriles is 1. The van der Waals surface area contributed by atoms with Crippen LogP contribution < -0.4 is 15.0 Å². The van der Waals surface area contributed by atoms with Gasteiger partial charge in [0.25, 0.3) is 0 Å². The summed E-state index contributed by atoms with van der Waals surface area (Å²) in [6, 6.07) is 7.77. The lowest BCUT2D eigenvalue weighted by Crippen LogP contribution is -2.39. The highest BCUT2D eigenvalue weighted by atomic mass is 16.5. The van der Waals surface area contributed by atoms with Crippen LogP contribution in [-0.2, 0) is 6.54 Å². The van der Waals surface area contributed by atoms with Crippen LogP contribution in [0.2, 0.25) is 0 Å². The van der Waals surface area contributed by atoms with Crippen molar-refractivity contribution in [2.45, 2.75) is 25.5 Å². The Morgan fingerprint density at radius 3 is 3.04 bits per heavy atom. The second-order valence-electron chi connectivity index (χ2n) is 5.94. The van der Waals surface area contributed by atoms with Crippen molar-refractivity contribution < 1.29 is 9.84 Å². The molecule has 2 N–H and O–H groups in total. The summed E-state index contributed by atoms with van der Waals surface area (Å²) in [6.07, 6.45) is 4.83. The minimum atomic E-state index is -0.314. The smallest absolute Gasteiger partial charge is 0.233 e. The highest BCUT2D eigenvalue weighted by molar-refractivity contribution is 5.62. The van der Waals surface area contributed by atoms with Crippen molar-refractivity contribution in [3.05, 3.63) is 41.7 Å². The first kappa shape index (κ1) is 17.0. The van der Waals surface area contributed by atoms with Crippen LogP contribution in [0, 0.1) is 11.3 Å². The molecule has 2 aromatic rings. The van der Waals surface area contributed by atoms with E-state index in [-0.39, 0.29) is 6.10 Å². The molecule has 0 spiro atoms. The third kappa shape index (κ3) is 3.80. The molecule has 25 heavy (non-hydrogen) atoms. The average molecular weight is 339 g/mol. The van der Waals surface area contributed by atoms with Gasteiger partial charge in [0.2, 0.25) is 5.88 Å². The Kier molecular flexibility index (Phi) is 5.31. The molecule has 7 nitrogen and oxygen atoms in total. The van der Waals surface area contributed by atoms with Gasteiger partial charge in [-0.15, -0.1) is 0 Å². The van der Waals surface area contributed by atoms with Crippen molar-refractivity contribution >= 4 is 11.5 Å². The number of anilines is 2. The van der Waals surface area contributed by atoms with Crippen LogP contribution in [0.15, 0.2) is 30.6 Å². The van der Waals surface area contributed by atoms with Gasteiger partial charge in [0, 0.05) is 37.6 Å². The first-order chi connectivity index (χ1) is 12.2. The fraction of sp³-hybridized carbons (Fsp3) is 0.389. The molecule has 1 atom stereocenters. The molecule has 1 aliphatic heterocycles. The molecule has 7 heteroatoms. The van der Waals surface area contributed by atoms with Gasteiger partial charge in [0.1, 0.15) is 17.5 Å². The minimum Gasteiger partial charge on any atom is -0.480 e. The van der Waals surface area contributed by atoms with Crippen molar-refractivity contribution in [2.24, 2.45) is 0 Å². The Morgan fingerprint density at radius 1 is 1.40 bits per heavy atom. The largest absolute Gasteiger partial charge is 0.480 e. The van der Waals surface area contributed by atoms with Gasteiger partial charge in [0.05, 0.1) is 18.9 Å². The van der Waals surface area contributed by atoms with Crippen LogP contribution >= 0.6 is 0 Å². The molecule has 3 heterocycles. The van der Waals surface area contributed by atoms with Crippen LogP contribution in [0.1, 0.15) is 24.0 Å². The van der Waals surface area contributed by atoms with Gasteiger partial charge >= 0.3 is 0 Å². The van der Waals surface area contributed by atoms with Crippen LogP contribution in [0.25, 0.3) is 0 Å². The molecule has 1 unspecified atom stereocenters. The molecular weight excluding hydrogens is 318 g/mol. The number of ether oxygens (including phenoxy) is 1. The van der Waals surface area contributed by atoms with E-state index in [1.807, 2.05) is 12.1 Å². The summed E-state index contributed by atoms with van der Waals surface area (Å²) < 4.78 is 5.14. The molecule has 0 bridgehead atoms. The molecule has 2 aromatic heterocycles. The summed E-state index contributed by atoms with van der Waals surface area (Å²) in [5.74, 6) is 1.17. The number of nitrogens with zero attached hydrogens (tertiary/aromatic N) is 4. The van der Waals surface area contributed by atoms with Crippen molar-refractivity contribution in [3.8, 4) is 11.9 Å². The van der Waals surface area contributed by atoms with Crippen molar-refractivity contribution in [1.29, 1.82) is 5.26 Å². The fourth-order valence-corrected chi connectivity index (χ4v) is 3.04. The molecule has 0 saturated carbocycles. The maximum absolute atomic E-state index is 9.92. The fourth-order valence-electron chi connectivity index (χ4n) is 3.04. The summed E-state index contributed by atoms with van der Waals surface area (Å²) in [5, 5.41) is 22.6. The van der Waals surface area contributed by atoms with E-state index in [9.17, 15) is 10.4 Å². The van der Waals surface area contributed by atoms with Gasteiger partial charge in [-0.1, -0.05) is 6.07 Å². The second-order valence-corrected chi connectivity index (χ2v) is 5.94. The number of hydrogen-bond acceptors (Lipinski definition) is 7. The number of aliphatic hydroxyl groups is 1. The van der Waals surface area contributed by atoms with E-state index in [0.29, 0.717) is 30.2 Å². The van der Waals surface area contributed by atoms with Gasteiger partial charge in [-0.25, -0.2) is 9.97 Å². The van der Waals surface area contributed by atoms with Crippen LogP contribution in [0.5, 0.6) is 5.88 Å². The van der Waals surface area contributed by atoms with Gasteiger partial charge in [-0.3, -0.25) is 0 Å². The van der Waals surface area contributed by atoms with Crippen LogP contribution in [-0.4, -0.2) is 41.4 Å². The van der Waals surface area contributed by atoms with E-state index >= 15 is 0 Å². The molecule has 130 valence electrons. The van der Waals surface area contributed by atoms with E-state index in [0.717, 1.165) is 30.8 Å². The predicted molar refractivity (Wildman–Crippen MR) is 94.5 cm³/mol. The number of pyridine rings is 2. The quantitative estimate of drug-likeness (QED) is 0.859. The molecule has 1 fully saturated rings. The SMILES string of the molecule is COc1nccc(NCc2cccnc2N2CCCC(O)C2)c1C#N. The zero-order valence-electron chi connectivity index (χ0n) is 14.1. The Bertz CT molecular complexity index is 774. The molecular formula is C18H21N5O2. The molecule has 0 aromatic carbocycles. The van der Waals surface area contributed by atoms with E-state index in [4.69, 9.17) is 4.74 Å². The molecule has 1 saturated heterocycles. The summed E-state index contributed by atoms with van der Waals surface area (Å²) >= 11 is 0. The maximum atomic E-state index is 9.92. The zero-order chi connectivity index (χ0) is 17.6.